The molecule has 1 aliphatic carbocycles. The number of amides is 16. The predicted molar refractivity (Wildman–Crippen MR) is 402 cm³/mol. The van der Waals surface area contributed by atoms with Gasteiger partial charge in [-0.15, -0.1) is 0 Å². The van der Waals surface area contributed by atoms with Gasteiger partial charge in [-0.05, 0) is 94.4 Å². The molecule has 28 N–H and O–H groups in total. The number of hydrogen-bond donors (Lipinski definition) is 21. The van der Waals surface area contributed by atoms with Gasteiger partial charge < -0.3 is 124 Å². The number of primary amides is 4. The molecule has 46 heteroatoms. The quantitative estimate of drug-likeness (QED) is 0.00961. The third-order valence-electron chi connectivity index (χ3n) is 16.6. The summed E-state index contributed by atoms with van der Waals surface area (Å²) in [5.74, 6) is -19.7. The Labute approximate surface area is 693 Å². The van der Waals surface area contributed by atoms with E-state index in [2.05, 4.69) is 98.7 Å². The van der Waals surface area contributed by atoms with E-state index in [0.717, 1.165) is 0 Å². The van der Waals surface area contributed by atoms with Crippen LogP contribution in [0.4, 0.5) is 0 Å². The van der Waals surface area contributed by atoms with Crippen molar-refractivity contribution < 1.29 is 131 Å². The molecular formula is C72H102N22O23Re-. The maximum atomic E-state index is 14.6. The number of imidazole rings is 1. The number of H-pyrrole nitrogens is 1. The Morgan fingerprint density at radius 1 is 0.492 bits per heavy atom. The van der Waals surface area contributed by atoms with Crippen LogP contribution in [0, 0.1) is 63.4 Å². The van der Waals surface area contributed by atoms with E-state index in [-0.39, 0.29) is 95.8 Å². The molecule has 1 heterocycles. The molecule has 0 aliphatic heterocycles. The number of nitrogens with one attached hydrogen (secondary N) is 13. The summed E-state index contributed by atoms with van der Waals surface area (Å²) in [6, 6.07) is -10.3. The first-order valence-corrected chi connectivity index (χ1v) is 36.1. The number of nitrogens with two attached hydrogens (primary N) is 7. The largest absolute Gasteiger partial charge is 0 e. The van der Waals surface area contributed by atoms with Crippen LogP contribution in [0.3, 0.4) is 0 Å². The van der Waals surface area contributed by atoms with Gasteiger partial charge in [-0.25, -0.2) is 4.98 Å². The zero-order valence-electron chi connectivity index (χ0n) is 65.0. The van der Waals surface area contributed by atoms with Crippen LogP contribution in [0.1, 0.15) is 122 Å². The van der Waals surface area contributed by atoms with Crippen molar-refractivity contribution in [2.75, 3.05) is 26.2 Å². The fourth-order valence-corrected chi connectivity index (χ4v) is 10.7. The average molecular weight is 1830 g/mol. The summed E-state index contributed by atoms with van der Waals surface area (Å²) in [5.41, 5.74) is 38.7. The van der Waals surface area contributed by atoms with Gasteiger partial charge in [-0.2, -0.15) is 0 Å². The molecule has 1 aromatic heterocycles. The number of aliphatic hydroxyl groups excluding tert-OH is 1. The SMILES string of the molecule is CC(C)C[C@H](NC(=O)[C@H](Cc1ccccc1)NC(=O)[C@H](CNC(=O)CCC(=O)[C]1[CH][CH][CH][CH]1)NC(=O)CN)C(=O)N[C@@H](CO)C(=O)N[C@@H](CCC(=O)[O-])C(=O)N[C@@H](Cc1cnc[nH]1)C(=O)N[C@@H](CCC(N)=O)C(=O)N[C@@H](CCCN=C(N)N)C(=O)N[C@H](C(=O)N[C@@H](CCC(N)=O)C(=O)N[C@@H](CCC(N)=O)C(N)=O)C(C)C.[C-]#[O+].[C-]#[O+].[C-]#[O+].[Re]. The summed E-state index contributed by atoms with van der Waals surface area (Å²) in [7, 11) is 0. The number of guanidine groups is 1. The van der Waals surface area contributed by atoms with Crippen molar-refractivity contribution in [2.24, 2.45) is 57.0 Å². The molecule has 6 radical (unpaired) electrons. The van der Waals surface area contributed by atoms with Crippen molar-refractivity contribution in [2.45, 2.75) is 190 Å². The topological polar surface area (TPSA) is 778 Å². The van der Waals surface area contributed by atoms with E-state index >= 15 is 0 Å². The maximum absolute atomic E-state index is 14.6. The molecule has 2 aromatic rings. The van der Waals surface area contributed by atoms with Gasteiger partial charge in [0.2, 0.25) is 94.5 Å². The molecule has 0 saturated heterocycles. The number of aromatic nitrogens is 2. The Morgan fingerprint density at radius 2 is 0.907 bits per heavy atom. The van der Waals surface area contributed by atoms with Crippen LogP contribution < -0.4 is 109 Å². The normalized spacial score (nSPS) is 14.0. The van der Waals surface area contributed by atoms with Gasteiger partial charge in [-0.3, -0.25) is 86.5 Å². The number of carbonyl (C=O) groups excluding carboxylic acids is 18. The summed E-state index contributed by atoms with van der Waals surface area (Å²) in [6.07, 6.45) is 2.65. The van der Waals surface area contributed by atoms with Crippen LogP contribution in [0.25, 0.3) is 0 Å². The third-order valence-corrected chi connectivity index (χ3v) is 16.6. The van der Waals surface area contributed by atoms with E-state index in [1.54, 1.807) is 69.9 Å². The minimum absolute atomic E-state index is 0. The van der Waals surface area contributed by atoms with E-state index in [4.69, 9.17) is 54.1 Å². The molecule has 1 fully saturated rings. The third kappa shape index (κ3) is 43.8. The molecular weight excluding hydrogens is 1730 g/mol. The van der Waals surface area contributed by atoms with Crippen LogP contribution >= 0.6 is 0 Å². The number of aliphatic hydroxyl groups is 1. The first-order chi connectivity index (χ1) is 55.4. The van der Waals surface area contributed by atoms with Crippen molar-refractivity contribution in [3.8, 4) is 0 Å². The van der Waals surface area contributed by atoms with Crippen LogP contribution in [0.2, 0.25) is 0 Å². The number of aliphatic carboxylic acids is 1. The molecule has 1 saturated carbocycles. The molecule has 646 valence electrons. The smallest absolute Gasteiger partial charge is 0 e. The van der Waals surface area contributed by atoms with E-state index in [0.29, 0.717) is 11.5 Å². The fourth-order valence-electron chi connectivity index (χ4n) is 10.7. The minimum Gasteiger partial charge on any atom is 0 e. The van der Waals surface area contributed by atoms with Crippen LogP contribution in [0.5, 0.6) is 0 Å². The summed E-state index contributed by atoms with van der Waals surface area (Å²) in [6.45, 7) is 17.4. The van der Waals surface area contributed by atoms with Gasteiger partial charge in [0.25, 0.3) is 0 Å². The molecule has 11 atom stereocenters. The van der Waals surface area contributed by atoms with Gasteiger partial charge in [0.15, 0.2) is 5.96 Å². The average Bonchev–Trinajstić information content (AvgIpc) is 0.871. The number of rotatable bonds is 53. The molecule has 118 heavy (non-hydrogen) atoms. The number of ketones is 1. The summed E-state index contributed by atoms with van der Waals surface area (Å²) < 4.78 is 22.5. The molecule has 3 rings (SSSR count). The van der Waals surface area contributed by atoms with E-state index in [1.807, 2.05) is 0 Å². The number of carboxylic acids is 1. The number of carboxylic acid groups (broad SMARTS) is 1. The zero-order valence-corrected chi connectivity index (χ0v) is 67.7. The van der Waals surface area contributed by atoms with E-state index < -0.39 is 243 Å². The molecule has 0 bridgehead atoms. The number of Topliss-reactive ketones (excluding diaryl/α,β-unsaturated/α-hetero) is 1. The molecule has 16 amide bonds. The number of aliphatic imine (C=N–C) groups is 1. The molecule has 0 spiro atoms. The number of nitrogens with zero attached hydrogens (tertiary/aromatic N) is 2. The zero-order chi connectivity index (χ0) is 89.0. The van der Waals surface area contributed by atoms with Crippen LogP contribution in [-0.2, 0) is 134 Å². The van der Waals surface area contributed by atoms with Crippen molar-refractivity contribution in [1.82, 2.24) is 73.8 Å². The molecule has 1 aliphatic rings. The number of carbonyl (C=O) groups is 18. The monoisotopic (exact) mass is 1830 g/mol. The Balaban J connectivity index is 0. The number of hydrogen-bond acceptors (Lipinski definition) is 23. The maximum Gasteiger partial charge on any atom is 0 e. The molecule has 45 nitrogen and oxygen atoms in total. The first kappa shape index (κ1) is 108. The fraction of sp³-hybridized carbons (Fsp3) is 0.500. The van der Waals surface area contributed by atoms with Gasteiger partial charge in [0.05, 0.1) is 19.5 Å². The van der Waals surface area contributed by atoms with Crippen molar-refractivity contribution in [3.05, 3.63) is 106 Å². The van der Waals surface area contributed by atoms with E-state index in [9.17, 15) is 96.5 Å². The van der Waals surface area contributed by atoms with Crippen molar-refractivity contribution in [3.63, 3.8) is 0 Å². The predicted octanol–water partition coefficient (Wildman–Crippen LogP) is -10.2. The Bertz CT molecular complexity index is 3730. The van der Waals surface area contributed by atoms with Gasteiger partial charge in [0, 0.05) is 102 Å². The Kier molecular flexibility index (Phi) is 54.8. The second kappa shape index (κ2) is 59.8. The second-order valence-corrected chi connectivity index (χ2v) is 26.6. The van der Waals surface area contributed by atoms with Crippen molar-refractivity contribution in [1.29, 1.82) is 0 Å². The van der Waals surface area contributed by atoms with Gasteiger partial charge in [-0.1, -0.05) is 58.0 Å². The number of aromatic amines is 1. The number of benzene rings is 1. The second-order valence-electron chi connectivity index (χ2n) is 26.6. The summed E-state index contributed by atoms with van der Waals surface area (Å²) in [5, 5.41) is 51.6. The van der Waals surface area contributed by atoms with Crippen molar-refractivity contribution >= 4 is 112 Å². The minimum atomic E-state index is -1.98. The van der Waals surface area contributed by atoms with Crippen LogP contribution in [-0.4, -0.2) is 220 Å². The standard InChI is InChI=1S/C69H103N22O20.3CO.Re/c1-35(2)27-45(87-64(107)46(28-37-11-6-5-7-12-37)88-66(109)48(81-55(98)30-70)32-79-54(97)24-20-50(93)38-13-8-9-14-38)63(106)90-49(33-92)67(110)85-44(19-25-56(99)100)61(104)89-47(29-39-31-77-34-80-39)65(108)84-42(17-22-52(72)95)60(103)83-41(15-10-26-78-69(75)76)62(105)91-57(36(3)4)68(111)86-43(18-23-53(73)96)59(102)82-40(58(74)101)16-21-51(71)94;3*1-2;/h5-9,11-14,31,34-36,40-49,57,92H,10,15-30,32-33,70H2,1-4H3,(H2,71,94)(H2,72,95)(H2,73,96)(H2,74,101)(H,77,80)(H,79,97)(H,81,98)(H,82,102)(H,83,103)(H,84,108)(H,85,110)(H,86,111)(H,87,107)(H,88,109)(H,89,104)(H,90,106)(H,91,105)(H,99,100)(H4,75,76,78);;;;/p-1/t40-,41-,42-,43-,44-,45-,46-,47-,48-,49-,57-;;;;/m0..../s1. The van der Waals surface area contributed by atoms with Gasteiger partial charge >= 0.3 is 33.9 Å². The Hall–Kier alpha value is -11.8. The van der Waals surface area contributed by atoms with Gasteiger partial charge in [0.1, 0.15) is 72.2 Å². The van der Waals surface area contributed by atoms with Crippen LogP contribution in [0.15, 0.2) is 47.8 Å². The molecule has 1 aromatic carbocycles. The van der Waals surface area contributed by atoms with E-state index in [1.165, 1.54) is 26.4 Å². The molecule has 0 unspecified atom stereocenters. The summed E-state index contributed by atoms with van der Waals surface area (Å²) >= 11 is 0. The first-order valence-electron chi connectivity index (χ1n) is 36.1. The summed E-state index contributed by atoms with van der Waals surface area (Å²) in [4.78, 5) is 251. The Morgan fingerprint density at radius 3 is 1.36 bits per heavy atom.